The Balaban J connectivity index is 1.96. The highest BCUT2D eigenvalue weighted by atomic mass is 32.2. The summed E-state index contributed by atoms with van der Waals surface area (Å²) in [7, 11) is 0.680. The molecule has 4 rings (SSSR count). The maximum absolute atomic E-state index is 12.8. The summed E-state index contributed by atoms with van der Waals surface area (Å²) in [6.45, 7) is -0.209. The van der Waals surface area contributed by atoms with Gasteiger partial charge in [0.15, 0.2) is 12.4 Å². The highest BCUT2D eigenvalue weighted by Gasteiger charge is 2.25. The zero-order valence-corrected chi connectivity index (χ0v) is 18.9. The molecule has 4 aromatic rings. The Morgan fingerprint density at radius 3 is 2.67 bits per heavy atom. The van der Waals surface area contributed by atoms with E-state index < -0.39 is 16.0 Å². The molecule has 9 nitrogen and oxygen atoms in total. The van der Waals surface area contributed by atoms with E-state index in [1.165, 1.54) is 20.2 Å². The predicted octanol–water partition coefficient (Wildman–Crippen LogP) is 2.83. The second-order valence-corrected chi connectivity index (χ2v) is 9.37. The summed E-state index contributed by atoms with van der Waals surface area (Å²) in [6, 6.07) is 11.6. The predicted molar refractivity (Wildman–Crippen MR) is 123 cm³/mol. The van der Waals surface area contributed by atoms with Crippen LogP contribution >= 0.6 is 0 Å². The van der Waals surface area contributed by atoms with Crippen LogP contribution in [0.4, 0.5) is 0 Å². The van der Waals surface area contributed by atoms with Crippen LogP contribution < -0.4 is 4.74 Å². The van der Waals surface area contributed by atoms with Crippen molar-refractivity contribution in [3.63, 3.8) is 0 Å². The number of methoxy groups -OCH3 is 1. The molecule has 33 heavy (non-hydrogen) atoms. The summed E-state index contributed by atoms with van der Waals surface area (Å²) in [5, 5.41) is 0.651. The first-order chi connectivity index (χ1) is 15.8. The molecule has 0 atom stereocenters. The molecule has 0 radical (unpaired) electrons. The molecule has 0 saturated heterocycles. The van der Waals surface area contributed by atoms with Crippen LogP contribution in [-0.2, 0) is 14.8 Å². The second kappa shape index (κ2) is 8.54. The lowest BCUT2D eigenvalue weighted by Crippen LogP contribution is -2.22. The lowest BCUT2D eigenvalue weighted by molar-refractivity contribution is 0.0557. The number of nitrogens with zero attached hydrogens (tertiary/aromatic N) is 3. The number of carbonyl (C=O) groups is 1. The first-order valence-corrected chi connectivity index (χ1v) is 11.2. The molecule has 0 fully saturated rings. The van der Waals surface area contributed by atoms with E-state index in [0.717, 1.165) is 4.31 Å². The summed E-state index contributed by atoms with van der Waals surface area (Å²) in [5.74, 6) is 2.40. The third-order valence-corrected chi connectivity index (χ3v) is 6.83. The zero-order chi connectivity index (χ0) is 23.8. The molecular formula is C23H20N4O5S. The van der Waals surface area contributed by atoms with Crippen LogP contribution in [0, 0.1) is 12.3 Å². The largest absolute Gasteiger partial charge is 0.497 e. The maximum Gasteiger partial charge on any atom is 0.341 e. The Morgan fingerprint density at radius 1 is 1.18 bits per heavy atom. The van der Waals surface area contributed by atoms with Crippen LogP contribution in [0.25, 0.3) is 33.5 Å². The van der Waals surface area contributed by atoms with E-state index in [2.05, 4.69) is 20.9 Å². The quantitative estimate of drug-likeness (QED) is 0.345. The molecule has 0 unspecified atom stereocenters. The molecule has 1 N–H and O–H groups in total. The van der Waals surface area contributed by atoms with E-state index in [1.807, 2.05) is 0 Å². The van der Waals surface area contributed by atoms with E-state index in [1.54, 1.807) is 43.5 Å². The van der Waals surface area contributed by atoms with E-state index in [9.17, 15) is 13.2 Å². The molecule has 10 heteroatoms. The summed E-state index contributed by atoms with van der Waals surface area (Å²) < 4.78 is 37.1. The van der Waals surface area contributed by atoms with Gasteiger partial charge < -0.3 is 14.5 Å². The minimum Gasteiger partial charge on any atom is -0.497 e. The van der Waals surface area contributed by atoms with Crippen molar-refractivity contribution in [1.29, 1.82) is 0 Å². The number of sulfonamides is 1. The molecule has 0 aliphatic heterocycles. The number of pyridine rings is 1. The van der Waals surface area contributed by atoms with Gasteiger partial charge in [0.1, 0.15) is 21.9 Å². The SMILES string of the molecule is C#CCOC(=O)c1cc2cc(OC)ccc2nc1-c1nc2c(S(=O)(=O)N(C)C)cccc2[nH]1. The normalized spacial score (nSPS) is 11.6. The lowest BCUT2D eigenvalue weighted by Gasteiger charge is -2.11. The fourth-order valence-electron chi connectivity index (χ4n) is 3.33. The van der Waals surface area contributed by atoms with Crippen molar-refractivity contribution in [3.05, 3.63) is 48.0 Å². The number of carbonyl (C=O) groups excluding carboxylic acids is 1. The zero-order valence-electron chi connectivity index (χ0n) is 18.1. The smallest absolute Gasteiger partial charge is 0.341 e. The molecule has 2 heterocycles. The number of benzene rings is 2. The molecule has 2 aromatic carbocycles. The van der Waals surface area contributed by atoms with Crippen LogP contribution in [-0.4, -0.2) is 61.5 Å². The number of terminal acetylenes is 1. The molecule has 168 valence electrons. The van der Waals surface area contributed by atoms with Gasteiger partial charge >= 0.3 is 5.97 Å². The number of imidazole rings is 1. The van der Waals surface area contributed by atoms with Crippen LogP contribution in [0.5, 0.6) is 5.75 Å². The Bertz CT molecular complexity index is 1530. The highest BCUT2D eigenvalue weighted by molar-refractivity contribution is 7.89. The van der Waals surface area contributed by atoms with Gasteiger partial charge in [0.25, 0.3) is 0 Å². The minimum absolute atomic E-state index is 0.0366. The topological polar surface area (TPSA) is 114 Å². The molecule has 0 bridgehead atoms. The number of rotatable bonds is 6. The first kappa shape index (κ1) is 22.3. The van der Waals surface area contributed by atoms with Gasteiger partial charge in [0, 0.05) is 19.5 Å². The van der Waals surface area contributed by atoms with Crippen LogP contribution in [0.2, 0.25) is 0 Å². The number of esters is 1. The molecule has 0 aliphatic rings. The van der Waals surface area contributed by atoms with E-state index in [-0.39, 0.29) is 34.1 Å². The molecular weight excluding hydrogens is 444 g/mol. The third kappa shape index (κ3) is 4.00. The number of aromatic amines is 1. The average molecular weight is 465 g/mol. The summed E-state index contributed by atoms with van der Waals surface area (Å²) >= 11 is 0. The number of fused-ring (bicyclic) bond motifs is 2. The second-order valence-electron chi connectivity index (χ2n) is 7.25. The molecule has 0 saturated carbocycles. The van der Waals surface area contributed by atoms with Crippen molar-refractivity contribution in [1.82, 2.24) is 19.3 Å². The Morgan fingerprint density at radius 2 is 1.97 bits per heavy atom. The molecule has 0 spiro atoms. The highest BCUT2D eigenvalue weighted by Crippen LogP contribution is 2.30. The Hall–Kier alpha value is -3.94. The van der Waals surface area contributed by atoms with Crippen molar-refractivity contribution >= 4 is 37.9 Å². The standard InChI is InChI=1S/C23H20N4O5S/c1-5-11-32-23(28)16-13-14-12-15(31-4)9-10-17(14)24-20(16)22-25-18-7-6-8-19(21(18)26-22)33(29,30)27(2)3/h1,6-10,12-13H,11H2,2-4H3,(H,25,26). The van der Waals surface area contributed by atoms with Gasteiger partial charge in [-0.05, 0) is 36.4 Å². The van der Waals surface area contributed by atoms with Crippen LogP contribution in [0.15, 0.2) is 47.4 Å². The average Bonchev–Trinajstić information content (AvgIpc) is 3.25. The Kier molecular flexibility index (Phi) is 5.76. The summed E-state index contributed by atoms with van der Waals surface area (Å²) in [5.41, 5.74) is 1.63. The van der Waals surface area contributed by atoms with Gasteiger partial charge in [-0.3, -0.25) is 0 Å². The van der Waals surface area contributed by atoms with Gasteiger partial charge in [0.2, 0.25) is 10.0 Å². The monoisotopic (exact) mass is 464 g/mol. The van der Waals surface area contributed by atoms with Crippen LogP contribution in [0.3, 0.4) is 0 Å². The molecule has 0 aliphatic carbocycles. The van der Waals surface area contributed by atoms with Crippen molar-refractivity contribution in [3.8, 4) is 29.6 Å². The summed E-state index contributed by atoms with van der Waals surface area (Å²) in [4.78, 5) is 25.0. The number of hydrogen-bond acceptors (Lipinski definition) is 7. The van der Waals surface area contributed by atoms with E-state index >= 15 is 0 Å². The Labute approximate surface area is 190 Å². The maximum atomic E-state index is 12.8. The van der Waals surface area contributed by atoms with E-state index in [4.69, 9.17) is 15.9 Å². The van der Waals surface area contributed by atoms with Crippen molar-refractivity contribution in [2.24, 2.45) is 0 Å². The van der Waals surface area contributed by atoms with E-state index in [0.29, 0.717) is 22.2 Å². The van der Waals surface area contributed by atoms with Crippen molar-refractivity contribution in [2.75, 3.05) is 27.8 Å². The van der Waals surface area contributed by atoms with Gasteiger partial charge in [0.05, 0.1) is 23.7 Å². The summed E-state index contributed by atoms with van der Waals surface area (Å²) in [6.07, 6.45) is 5.23. The molecule has 2 aromatic heterocycles. The number of hydrogen-bond donors (Lipinski definition) is 1. The van der Waals surface area contributed by atoms with Gasteiger partial charge in [-0.1, -0.05) is 12.0 Å². The number of aromatic nitrogens is 3. The van der Waals surface area contributed by atoms with Gasteiger partial charge in [-0.15, -0.1) is 6.42 Å². The first-order valence-electron chi connectivity index (χ1n) is 9.77. The third-order valence-electron chi connectivity index (χ3n) is 4.99. The fourth-order valence-corrected chi connectivity index (χ4v) is 4.37. The lowest BCUT2D eigenvalue weighted by atomic mass is 10.1. The van der Waals surface area contributed by atoms with Crippen LogP contribution in [0.1, 0.15) is 10.4 Å². The minimum atomic E-state index is -3.75. The van der Waals surface area contributed by atoms with Crippen molar-refractivity contribution < 1.29 is 22.7 Å². The number of para-hydroxylation sites is 1. The van der Waals surface area contributed by atoms with Gasteiger partial charge in [-0.2, -0.15) is 0 Å². The fraction of sp³-hybridized carbons (Fsp3) is 0.174. The van der Waals surface area contributed by atoms with Crippen molar-refractivity contribution in [2.45, 2.75) is 4.90 Å². The number of H-pyrrole nitrogens is 1. The number of ether oxygens (including phenoxy) is 2. The number of nitrogens with one attached hydrogen (secondary N) is 1. The van der Waals surface area contributed by atoms with Gasteiger partial charge in [-0.25, -0.2) is 27.5 Å². The molecule has 0 amide bonds.